The van der Waals surface area contributed by atoms with E-state index < -0.39 is 24.2 Å². The number of carbonyl (C=O) groups is 1. The third-order valence-electron chi connectivity index (χ3n) is 14.2. The van der Waals surface area contributed by atoms with Gasteiger partial charge in [-0.05, 0) is 12.8 Å². The highest BCUT2D eigenvalue weighted by Crippen LogP contribution is 2.19. The molecule has 0 aliphatic heterocycles. The van der Waals surface area contributed by atoms with E-state index in [2.05, 4.69) is 19.2 Å². The molecule has 3 unspecified atom stereocenters. The number of unbranched alkanes of at least 4 members (excludes halogenated alkanes) is 47. The zero-order valence-corrected chi connectivity index (χ0v) is 43.3. The molecular formula is C58H117NO4. The van der Waals surface area contributed by atoms with Crippen LogP contribution in [0.5, 0.6) is 0 Å². The first-order valence-electron chi connectivity index (χ1n) is 29.3. The van der Waals surface area contributed by atoms with Gasteiger partial charge in [0.2, 0.25) is 5.91 Å². The fourth-order valence-corrected chi connectivity index (χ4v) is 9.67. The number of carbonyl (C=O) groups excluding carboxylic acids is 1. The van der Waals surface area contributed by atoms with Crippen molar-refractivity contribution < 1.29 is 20.1 Å². The average molecular weight is 893 g/mol. The molecule has 0 fully saturated rings. The van der Waals surface area contributed by atoms with Gasteiger partial charge in [0.15, 0.2) is 0 Å². The first-order valence-corrected chi connectivity index (χ1v) is 29.3. The lowest BCUT2D eigenvalue weighted by Gasteiger charge is -2.23. The van der Waals surface area contributed by atoms with E-state index in [1.54, 1.807) is 0 Å². The Morgan fingerprint density at radius 1 is 0.317 bits per heavy atom. The molecule has 0 radical (unpaired) electrons. The summed E-state index contributed by atoms with van der Waals surface area (Å²) in [5.74, 6) is -0.463. The fourth-order valence-electron chi connectivity index (χ4n) is 9.67. The standard InChI is InChI=1S/C58H117NO4/c1-3-5-7-9-11-13-15-17-18-19-20-21-22-23-24-25-26-27-28-29-30-31-32-33-34-35-36-37-38-39-41-43-45-47-49-51-53-57(62)58(63)59-55(54-60)56(61)52-50-48-46-44-42-40-16-14-12-10-8-6-4-2/h55-57,60-62H,3-54H2,1-2H3,(H,59,63). The van der Waals surface area contributed by atoms with E-state index in [1.165, 1.54) is 283 Å². The maximum atomic E-state index is 12.5. The van der Waals surface area contributed by atoms with Crippen LogP contribution in [-0.4, -0.2) is 46.1 Å². The van der Waals surface area contributed by atoms with Crippen LogP contribution in [0.4, 0.5) is 0 Å². The van der Waals surface area contributed by atoms with Gasteiger partial charge in [-0.2, -0.15) is 0 Å². The molecule has 0 aromatic carbocycles. The van der Waals surface area contributed by atoms with Gasteiger partial charge in [-0.25, -0.2) is 0 Å². The van der Waals surface area contributed by atoms with Crippen molar-refractivity contribution in [1.29, 1.82) is 0 Å². The summed E-state index contributed by atoms with van der Waals surface area (Å²) in [6.45, 7) is 4.26. The second kappa shape index (κ2) is 54.0. The first-order chi connectivity index (χ1) is 31.1. The minimum Gasteiger partial charge on any atom is -0.394 e. The van der Waals surface area contributed by atoms with Crippen molar-refractivity contribution in [3.63, 3.8) is 0 Å². The molecule has 4 N–H and O–H groups in total. The fraction of sp³-hybridized carbons (Fsp3) is 0.983. The van der Waals surface area contributed by atoms with Gasteiger partial charge in [0.25, 0.3) is 0 Å². The monoisotopic (exact) mass is 892 g/mol. The number of hydrogen-bond donors (Lipinski definition) is 4. The van der Waals surface area contributed by atoms with Crippen molar-refractivity contribution in [2.75, 3.05) is 6.61 Å². The van der Waals surface area contributed by atoms with Crippen LogP contribution in [0, 0.1) is 0 Å². The Balaban J connectivity index is 3.39. The molecule has 5 heteroatoms. The second-order valence-corrected chi connectivity index (χ2v) is 20.6. The second-order valence-electron chi connectivity index (χ2n) is 20.6. The molecule has 0 aromatic heterocycles. The molecule has 0 bridgehead atoms. The van der Waals surface area contributed by atoms with E-state index in [4.69, 9.17) is 0 Å². The summed E-state index contributed by atoms with van der Waals surface area (Å²) in [6, 6.07) is -0.706. The summed E-state index contributed by atoms with van der Waals surface area (Å²) in [5, 5.41) is 33.4. The third-order valence-corrected chi connectivity index (χ3v) is 14.2. The van der Waals surface area contributed by atoms with Crippen molar-refractivity contribution in [1.82, 2.24) is 5.32 Å². The van der Waals surface area contributed by atoms with E-state index in [9.17, 15) is 20.1 Å². The number of hydrogen-bond acceptors (Lipinski definition) is 4. The van der Waals surface area contributed by atoms with Gasteiger partial charge in [0.05, 0.1) is 18.8 Å². The number of rotatable bonds is 55. The van der Waals surface area contributed by atoms with Crippen LogP contribution in [0.2, 0.25) is 0 Å². The van der Waals surface area contributed by atoms with Crippen molar-refractivity contribution in [3.05, 3.63) is 0 Å². The van der Waals surface area contributed by atoms with Crippen molar-refractivity contribution >= 4 is 5.91 Å². The lowest BCUT2D eigenvalue weighted by Crippen LogP contribution is -2.49. The summed E-state index contributed by atoms with van der Waals surface area (Å²) in [7, 11) is 0. The molecule has 0 saturated carbocycles. The molecule has 378 valence electrons. The molecule has 0 spiro atoms. The Bertz CT molecular complexity index is 853. The van der Waals surface area contributed by atoms with Crippen LogP contribution in [0.15, 0.2) is 0 Å². The van der Waals surface area contributed by atoms with Crippen LogP contribution in [0.3, 0.4) is 0 Å². The zero-order chi connectivity index (χ0) is 45.8. The predicted molar refractivity (Wildman–Crippen MR) is 278 cm³/mol. The Labute approximate surface area is 396 Å². The van der Waals surface area contributed by atoms with Crippen LogP contribution in [0.1, 0.15) is 341 Å². The minimum absolute atomic E-state index is 0.308. The number of amides is 1. The van der Waals surface area contributed by atoms with Crippen LogP contribution in [-0.2, 0) is 4.79 Å². The minimum atomic E-state index is -1.07. The number of aliphatic hydroxyl groups excluding tert-OH is 3. The smallest absolute Gasteiger partial charge is 0.249 e. The van der Waals surface area contributed by atoms with Gasteiger partial charge in [0.1, 0.15) is 6.10 Å². The van der Waals surface area contributed by atoms with E-state index in [0.29, 0.717) is 12.8 Å². The molecule has 5 nitrogen and oxygen atoms in total. The van der Waals surface area contributed by atoms with Gasteiger partial charge in [0, 0.05) is 0 Å². The van der Waals surface area contributed by atoms with Crippen LogP contribution < -0.4 is 5.32 Å². The van der Waals surface area contributed by atoms with Crippen molar-refractivity contribution in [3.8, 4) is 0 Å². The van der Waals surface area contributed by atoms with Crippen LogP contribution in [0.25, 0.3) is 0 Å². The van der Waals surface area contributed by atoms with Crippen molar-refractivity contribution in [2.45, 2.75) is 360 Å². The Kier molecular flexibility index (Phi) is 53.4. The molecular weight excluding hydrogens is 775 g/mol. The van der Waals surface area contributed by atoms with E-state index in [-0.39, 0.29) is 6.61 Å². The Hall–Kier alpha value is -0.650. The molecule has 0 aromatic rings. The van der Waals surface area contributed by atoms with Gasteiger partial charge < -0.3 is 20.6 Å². The summed E-state index contributed by atoms with van der Waals surface area (Å²) >= 11 is 0. The summed E-state index contributed by atoms with van der Waals surface area (Å²) in [4.78, 5) is 12.5. The predicted octanol–water partition coefficient (Wildman–Crippen LogP) is 18.1. The molecule has 0 heterocycles. The van der Waals surface area contributed by atoms with Gasteiger partial charge in [-0.15, -0.1) is 0 Å². The topological polar surface area (TPSA) is 89.8 Å². The number of aliphatic hydroxyl groups is 3. The molecule has 0 rings (SSSR count). The van der Waals surface area contributed by atoms with E-state index in [0.717, 1.165) is 32.1 Å². The lowest BCUT2D eigenvalue weighted by molar-refractivity contribution is -0.131. The molecule has 63 heavy (non-hydrogen) atoms. The van der Waals surface area contributed by atoms with Gasteiger partial charge in [-0.1, -0.05) is 328 Å². The summed E-state index contributed by atoms with van der Waals surface area (Å²) in [5.41, 5.74) is 0. The molecule has 0 saturated heterocycles. The van der Waals surface area contributed by atoms with E-state index >= 15 is 0 Å². The van der Waals surface area contributed by atoms with Crippen LogP contribution >= 0.6 is 0 Å². The van der Waals surface area contributed by atoms with Gasteiger partial charge in [-0.3, -0.25) is 4.79 Å². The maximum Gasteiger partial charge on any atom is 0.249 e. The summed E-state index contributed by atoms with van der Waals surface area (Å²) < 4.78 is 0. The highest BCUT2D eigenvalue weighted by molar-refractivity contribution is 5.80. The molecule has 3 atom stereocenters. The largest absolute Gasteiger partial charge is 0.394 e. The molecule has 0 aliphatic rings. The normalized spacial score (nSPS) is 13.2. The first kappa shape index (κ1) is 62.4. The highest BCUT2D eigenvalue weighted by atomic mass is 16.3. The summed E-state index contributed by atoms with van der Waals surface area (Å²) in [6.07, 6.45) is 66.1. The van der Waals surface area contributed by atoms with E-state index in [1.807, 2.05) is 0 Å². The third kappa shape index (κ3) is 49.1. The average Bonchev–Trinajstić information content (AvgIpc) is 3.29. The molecule has 1 amide bonds. The molecule has 0 aliphatic carbocycles. The maximum absolute atomic E-state index is 12.5. The highest BCUT2D eigenvalue weighted by Gasteiger charge is 2.23. The zero-order valence-electron chi connectivity index (χ0n) is 43.3. The van der Waals surface area contributed by atoms with Crippen molar-refractivity contribution in [2.24, 2.45) is 0 Å². The lowest BCUT2D eigenvalue weighted by atomic mass is 10.0. The van der Waals surface area contributed by atoms with Gasteiger partial charge >= 0.3 is 0 Å². The number of nitrogens with one attached hydrogen (secondary N) is 1. The quantitative estimate of drug-likeness (QED) is 0.0458. The Morgan fingerprint density at radius 3 is 0.714 bits per heavy atom. The SMILES string of the molecule is CCCCCCCCCCCCCCCCCCCCCCCCCCCCCCCCCCCCCCC(O)C(=O)NC(CO)C(O)CCCCCCCCCCCCCCC. The Morgan fingerprint density at radius 2 is 0.508 bits per heavy atom.